The van der Waals surface area contributed by atoms with Crippen LogP contribution < -0.4 is 4.74 Å². The largest absolute Gasteiger partial charge is 0.435 e. The van der Waals surface area contributed by atoms with Gasteiger partial charge in [-0.15, -0.1) is 0 Å². The number of halogens is 3. The molecule has 0 saturated carbocycles. The van der Waals surface area contributed by atoms with Gasteiger partial charge in [-0.25, -0.2) is 0 Å². The third-order valence-corrected chi connectivity index (χ3v) is 2.14. The molecule has 1 atom stereocenters. The Morgan fingerprint density at radius 2 is 1.87 bits per heavy atom. The van der Waals surface area contributed by atoms with Gasteiger partial charge >= 0.3 is 6.61 Å². The predicted octanol–water partition coefficient (Wildman–Crippen LogP) is 3.25. The maximum atomic E-state index is 11.8. The van der Waals surface area contributed by atoms with Crippen molar-refractivity contribution in [2.24, 2.45) is 0 Å². The second-order valence-electron chi connectivity index (χ2n) is 2.88. The lowest BCUT2D eigenvalue weighted by Gasteiger charge is -2.06. The summed E-state index contributed by atoms with van der Waals surface area (Å²) in [7, 11) is 0. The van der Waals surface area contributed by atoms with Crippen LogP contribution in [0.5, 0.6) is 5.75 Å². The molecule has 0 spiro atoms. The Kier molecular flexibility index (Phi) is 4.20. The van der Waals surface area contributed by atoms with E-state index in [1.807, 2.05) is 0 Å². The van der Waals surface area contributed by atoms with Gasteiger partial charge in [-0.1, -0.05) is 15.9 Å². The van der Waals surface area contributed by atoms with Gasteiger partial charge in [0.05, 0.1) is 4.83 Å². The number of ether oxygens (including phenoxy) is 1. The van der Waals surface area contributed by atoms with E-state index in [0.29, 0.717) is 5.56 Å². The lowest BCUT2D eigenvalue weighted by Crippen LogP contribution is -2.09. The highest BCUT2D eigenvalue weighted by molar-refractivity contribution is 9.10. The highest BCUT2D eigenvalue weighted by Gasteiger charge is 2.12. The molecule has 1 aromatic carbocycles. The standard InChI is InChI=1S/C10H9BrF2O2/c1-6(11)9(14)7-2-4-8(5-3-7)15-10(12)13/h2-6,10H,1H3/t6-/m1/s1. The lowest BCUT2D eigenvalue weighted by molar-refractivity contribution is -0.0498. The van der Waals surface area contributed by atoms with Crippen LogP contribution in [0.15, 0.2) is 24.3 Å². The summed E-state index contributed by atoms with van der Waals surface area (Å²) in [6.07, 6.45) is 0. The molecule has 0 aliphatic heterocycles. The fourth-order valence-electron chi connectivity index (χ4n) is 1.03. The van der Waals surface area contributed by atoms with Crippen LogP contribution in [-0.4, -0.2) is 17.2 Å². The molecular formula is C10H9BrF2O2. The average Bonchev–Trinajstić information content (AvgIpc) is 2.17. The summed E-state index contributed by atoms with van der Waals surface area (Å²) >= 11 is 3.13. The van der Waals surface area contributed by atoms with Gasteiger partial charge in [-0.2, -0.15) is 8.78 Å². The second-order valence-corrected chi connectivity index (χ2v) is 4.26. The van der Waals surface area contributed by atoms with Gasteiger partial charge in [0.2, 0.25) is 0 Å². The van der Waals surface area contributed by atoms with Gasteiger partial charge in [0, 0.05) is 5.56 Å². The van der Waals surface area contributed by atoms with Crippen molar-refractivity contribution in [2.75, 3.05) is 0 Å². The first-order chi connectivity index (χ1) is 7.00. The zero-order valence-electron chi connectivity index (χ0n) is 7.91. The van der Waals surface area contributed by atoms with E-state index in [9.17, 15) is 13.6 Å². The summed E-state index contributed by atoms with van der Waals surface area (Å²) in [5.74, 6) is -0.0534. The van der Waals surface area contributed by atoms with E-state index >= 15 is 0 Å². The molecule has 0 radical (unpaired) electrons. The van der Waals surface area contributed by atoms with E-state index in [1.54, 1.807) is 6.92 Å². The summed E-state index contributed by atoms with van der Waals surface area (Å²) in [5, 5.41) is 0. The number of ketones is 1. The minimum Gasteiger partial charge on any atom is -0.435 e. The van der Waals surface area contributed by atoms with E-state index in [-0.39, 0.29) is 16.4 Å². The summed E-state index contributed by atoms with van der Waals surface area (Å²) in [5.41, 5.74) is 0.459. The molecule has 0 heterocycles. The number of benzene rings is 1. The van der Waals surface area contributed by atoms with Crippen molar-refractivity contribution in [1.82, 2.24) is 0 Å². The SMILES string of the molecule is C[C@@H](Br)C(=O)c1ccc(OC(F)F)cc1. The van der Waals surface area contributed by atoms with E-state index in [4.69, 9.17) is 0 Å². The van der Waals surface area contributed by atoms with Crippen LogP contribution in [0, 0.1) is 0 Å². The molecular weight excluding hydrogens is 270 g/mol. The van der Waals surface area contributed by atoms with E-state index < -0.39 is 6.61 Å². The molecule has 0 aliphatic rings. The summed E-state index contributed by atoms with van der Waals surface area (Å²) < 4.78 is 27.8. The summed E-state index contributed by atoms with van der Waals surface area (Å²) in [4.78, 5) is 11.1. The molecule has 0 saturated heterocycles. The third-order valence-electron chi connectivity index (χ3n) is 1.73. The van der Waals surface area contributed by atoms with Gasteiger partial charge in [-0.05, 0) is 31.2 Å². The molecule has 1 aromatic rings. The van der Waals surface area contributed by atoms with Crippen molar-refractivity contribution in [3.8, 4) is 5.75 Å². The Bertz CT molecular complexity index is 336. The third kappa shape index (κ3) is 3.58. The molecule has 0 amide bonds. The molecule has 2 nitrogen and oxygen atoms in total. The summed E-state index contributed by atoms with van der Waals surface area (Å²) in [6.45, 7) is -1.15. The molecule has 0 aliphatic carbocycles. The number of Topliss-reactive ketones (excluding diaryl/α,β-unsaturated/α-hetero) is 1. The van der Waals surface area contributed by atoms with Crippen LogP contribution in [0.2, 0.25) is 0 Å². The van der Waals surface area contributed by atoms with Gasteiger partial charge in [0.15, 0.2) is 5.78 Å². The molecule has 0 fully saturated rings. The van der Waals surface area contributed by atoms with Crippen LogP contribution in [0.3, 0.4) is 0 Å². The minimum atomic E-state index is -2.85. The fourth-order valence-corrected chi connectivity index (χ4v) is 1.29. The molecule has 0 N–H and O–H groups in total. The van der Waals surface area contributed by atoms with Crippen molar-refractivity contribution in [1.29, 1.82) is 0 Å². The Labute approximate surface area is 94.4 Å². The Balaban J connectivity index is 2.76. The Morgan fingerprint density at radius 1 is 1.33 bits per heavy atom. The first-order valence-electron chi connectivity index (χ1n) is 4.24. The Morgan fingerprint density at radius 3 is 2.27 bits per heavy atom. The molecule has 82 valence electrons. The van der Waals surface area contributed by atoms with Crippen molar-refractivity contribution in [2.45, 2.75) is 18.4 Å². The Hall–Kier alpha value is -0.970. The van der Waals surface area contributed by atoms with Crippen molar-refractivity contribution < 1.29 is 18.3 Å². The number of rotatable bonds is 4. The molecule has 0 aromatic heterocycles. The second kappa shape index (κ2) is 5.21. The molecule has 1 rings (SSSR count). The first-order valence-corrected chi connectivity index (χ1v) is 5.15. The minimum absolute atomic E-state index is 0.0452. The number of alkyl halides is 3. The topological polar surface area (TPSA) is 26.3 Å². The number of carbonyl (C=O) groups excluding carboxylic acids is 1. The maximum absolute atomic E-state index is 11.8. The molecule has 5 heteroatoms. The van der Waals surface area contributed by atoms with Crippen molar-refractivity contribution >= 4 is 21.7 Å². The van der Waals surface area contributed by atoms with Gasteiger partial charge in [-0.3, -0.25) is 4.79 Å². The van der Waals surface area contributed by atoms with Crippen LogP contribution in [0.1, 0.15) is 17.3 Å². The fraction of sp³-hybridized carbons (Fsp3) is 0.300. The highest BCUT2D eigenvalue weighted by atomic mass is 79.9. The lowest BCUT2D eigenvalue weighted by atomic mass is 10.1. The highest BCUT2D eigenvalue weighted by Crippen LogP contribution is 2.17. The molecule has 15 heavy (non-hydrogen) atoms. The number of hydrogen-bond acceptors (Lipinski definition) is 2. The maximum Gasteiger partial charge on any atom is 0.387 e. The van der Waals surface area contributed by atoms with Crippen molar-refractivity contribution in [3.05, 3.63) is 29.8 Å². The van der Waals surface area contributed by atoms with Crippen LogP contribution >= 0.6 is 15.9 Å². The van der Waals surface area contributed by atoms with Crippen LogP contribution in [0.4, 0.5) is 8.78 Å². The predicted molar refractivity (Wildman–Crippen MR) is 55.8 cm³/mol. The number of hydrogen-bond donors (Lipinski definition) is 0. The average molecular weight is 279 g/mol. The quantitative estimate of drug-likeness (QED) is 0.624. The van der Waals surface area contributed by atoms with E-state index in [1.165, 1.54) is 24.3 Å². The first kappa shape index (κ1) is 12.1. The normalized spacial score (nSPS) is 12.6. The molecule has 0 bridgehead atoms. The zero-order chi connectivity index (χ0) is 11.4. The monoisotopic (exact) mass is 278 g/mol. The van der Waals surface area contributed by atoms with Crippen LogP contribution in [-0.2, 0) is 0 Å². The van der Waals surface area contributed by atoms with Crippen LogP contribution in [0.25, 0.3) is 0 Å². The zero-order valence-corrected chi connectivity index (χ0v) is 9.50. The van der Waals surface area contributed by atoms with Gasteiger partial charge in [0.25, 0.3) is 0 Å². The number of carbonyl (C=O) groups is 1. The van der Waals surface area contributed by atoms with Gasteiger partial charge in [0.1, 0.15) is 5.75 Å². The smallest absolute Gasteiger partial charge is 0.387 e. The van der Waals surface area contributed by atoms with Gasteiger partial charge < -0.3 is 4.74 Å². The molecule has 0 unspecified atom stereocenters. The van der Waals surface area contributed by atoms with Crippen molar-refractivity contribution in [3.63, 3.8) is 0 Å². The summed E-state index contributed by atoms with van der Waals surface area (Å²) in [6, 6.07) is 5.60. The van der Waals surface area contributed by atoms with E-state index in [2.05, 4.69) is 20.7 Å². The van der Waals surface area contributed by atoms with E-state index in [0.717, 1.165) is 0 Å².